The van der Waals surface area contributed by atoms with Gasteiger partial charge < -0.3 is 15.6 Å². The van der Waals surface area contributed by atoms with E-state index in [0.717, 1.165) is 54.9 Å². The van der Waals surface area contributed by atoms with Crippen LogP contribution in [0.4, 0.5) is 0 Å². The Bertz CT molecular complexity index is 671. The molecule has 0 saturated carbocycles. The van der Waals surface area contributed by atoms with E-state index in [-0.39, 0.29) is 0 Å². The van der Waals surface area contributed by atoms with E-state index in [9.17, 15) is 5.11 Å². The Kier molecular flexibility index (Phi) is 5.63. The van der Waals surface area contributed by atoms with Crippen LogP contribution < -0.4 is 10.5 Å². The van der Waals surface area contributed by atoms with E-state index in [4.69, 9.17) is 10.5 Å². The number of benzene rings is 1. The molecule has 1 aliphatic heterocycles. The summed E-state index contributed by atoms with van der Waals surface area (Å²) in [5.74, 6) is 0.777. The summed E-state index contributed by atoms with van der Waals surface area (Å²) < 4.78 is 5.31. The van der Waals surface area contributed by atoms with Crippen LogP contribution >= 0.6 is 0 Å². The van der Waals surface area contributed by atoms with Crippen molar-refractivity contribution in [1.29, 1.82) is 0 Å². The van der Waals surface area contributed by atoms with E-state index < -0.39 is 6.10 Å². The number of aliphatic hydroxyl groups is 1. The summed E-state index contributed by atoms with van der Waals surface area (Å²) in [6.07, 6.45) is 1.22. The number of rotatable bonds is 6. The van der Waals surface area contributed by atoms with Gasteiger partial charge in [0.1, 0.15) is 5.75 Å². The zero-order valence-corrected chi connectivity index (χ0v) is 14.2. The summed E-state index contributed by atoms with van der Waals surface area (Å²) in [5, 5.41) is 11.7. The molecule has 0 radical (unpaired) electrons. The van der Waals surface area contributed by atoms with Crippen molar-refractivity contribution in [2.24, 2.45) is 5.73 Å². The fourth-order valence-electron chi connectivity index (χ4n) is 3.29. The normalized spacial score (nSPS) is 18.0. The molecule has 1 aromatic heterocycles. The van der Waals surface area contributed by atoms with Gasteiger partial charge in [0.05, 0.1) is 18.7 Å². The predicted molar refractivity (Wildman–Crippen MR) is 95.2 cm³/mol. The maximum Gasteiger partial charge on any atom is 0.119 e. The first-order valence-corrected chi connectivity index (χ1v) is 8.46. The standard InChI is InChI=1S/C18H26N4O2/c1-24-14-2-3-17-16(12-14)15(4-6-20-17)18(23)13-22-10-8-21(7-5-19)9-11-22/h2-4,6,12,18,23H,5,7-11,13,19H2,1H3/t18-/m0/s1. The maximum atomic E-state index is 10.8. The number of β-amino-alcohol motifs (C(OH)–C–C–N with tert-alkyl or cyclic N) is 1. The van der Waals surface area contributed by atoms with Gasteiger partial charge in [0.2, 0.25) is 0 Å². The van der Waals surface area contributed by atoms with Crippen molar-refractivity contribution in [1.82, 2.24) is 14.8 Å². The highest BCUT2D eigenvalue weighted by molar-refractivity contribution is 5.83. The molecule has 1 aliphatic rings. The van der Waals surface area contributed by atoms with Crippen molar-refractivity contribution >= 4 is 10.9 Å². The molecule has 0 bridgehead atoms. The number of aromatic nitrogens is 1. The molecule has 2 heterocycles. The molecule has 0 unspecified atom stereocenters. The summed E-state index contributed by atoms with van der Waals surface area (Å²) in [4.78, 5) is 9.06. The Hall–Kier alpha value is -1.73. The van der Waals surface area contributed by atoms with E-state index in [1.807, 2.05) is 24.3 Å². The summed E-state index contributed by atoms with van der Waals surface area (Å²) in [6, 6.07) is 7.66. The van der Waals surface area contributed by atoms with Crippen LogP contribution in [-0.4, -0.2) is 72.8 Å². The Balaban J connectivity index is 1.71. The second-order valence-corrected chi connectivity index (χ2v) is 6.23. The van der Waals surface area contributed by atoms with Crippen LogP contribution in [0.1, 0.15) is 11.7 Å². The number of aliphatic hydroxyl groups excluding tert-OH is 1. The number of nitrogens with two attached hydrogens (primary N) is 1. The van der Waals surface area contributed by atoms with Gasteiger partial charge in [-0.15, -0.1) is 0 Å². The van der Waals surface area contributed by atoms with E-state index in [1.165, 1.54) is 0 Å². The SMILES string of the molecule is COc1ccc2nccc([C@@H](O)CN3CCN(CCN)CC3)c2c1. The van der Waals surface area contributed by atoms with Crippen molar-refractivity contribution in [3.05, 3.63) is 36.0 Å². The molecule has 6 heteroatoms. The number of methoxy groups -OCH3 is 1. The zero-order chi connectivity index (χ0) is 16.9. The lowest BCUT2D eigenvalue weighted by atomic mass is 10.0. The molecular weight excluding hydrogens is 304 g/mol. The third kappa shape index (κ3) is 3.84. The van der Waals surface area contributed by atoms with Gasteiger partial charge in [-0.1, -0.05) is 0 Å². The monoisotopic (exact) mass is 330 g/mol. The number of ether oxygens (including phenoxy) is 1. The van der Waals surface area contributed by atoms with Crippen molar-refractivity contribution < 1.29 is 9.84 Å². The van der Waals surface area contributed by atoms with Gasteiger partial charge in [-0.25, -0.2) is 0 Å². The highest BCUT2D eigenvalue weighted by Gasteiger charge is 2.20. The average Bonchev–Trinajstić information content (AvgIpc) is 2.62. The Labute approximate surface area is 142 Å². The molecule has 1 aromatic carbocycles. The van der Waals surface area contributed by atoms with Gasteiger partial charge >= 0.3 is 0 Å². The first-order valence-electron chi connectivity index (χ1n) is 8.46. The van der Waals surface area contributed by atoms with E-state index in [0.29, 0.717) is 13.1 Å². The highest BCUT2D eigenvalue weighted by Crippen LogP contribution is 2.27. The van der Waals surface area contributed by atoms with E-state index >= 15 is 0 Å². The van der Waals surface area contributed by atoms with Crippen LogP contribution in [0, 0.1) is 0 Å². The Morgan fingerprint density at radius 2 is 1.96 bits per heavy atom. The molecule has 130 valence electrons. The average molecular weight is 330 g/mol. The van der Waals surface area contributed by atoms with Gasteiger partial charge in [-0.05, 0) is 29.8 Å². The minimum atomic E-state index is -0.538. The highest BCUT2D eigenvalue weighted by atomic mass is 16.5. The molecule has 1 atom stereocenters. The van der Waals surface area contributed by atoms with Crippen LogP contribution in [-0.2, 0) is 0 Å². The smallest absolute Gasteiger partial charge is 0.119 e. The molecule has 3 N–H and O–H groups in total. The topological polar surface area (TPSA) is 74.9 Å². The molecule has 3 rings (SSSR count). The summed E-state index contributed by atoms with van der Waals surface area (Å²) >= 11 is 0. The van der Waals surface area contributed by atoms with Crippen LogP contribution in [0.25, 0.3) is 10.9 Å². The lowest BCUT2D eigenvalue weighted by molar-refractivity contribution is 0.0742. The number of piperazine rings is 1. The second kappa shape index (κ2) is 7.90. The summed E-state index contributed by atoms with van der Waals surface area (Å²) in [6.45, 7) is 6.22. The molecule has 0 amide bonds. The molecule has 1 saturated heterocycles. The number of nitrogens with zero attached hydrogens (tertiary/aromatic N) is 3. The molecule has 2 aromatic rings. The first-order chi connectivity index (χ1) is 11.7. The molecular formula is C18H26N4O2. The molecule has 0 aliphatic carbocycles. The zero-order valence-electron chi connectivity index (χ0n) is 14.2. The number of hydrogen-bond acceptors (Lipinski definition) is 6. The number of hydrogen-bond donors (Lipinski definition) is 2. The molecule has 1 fully saturated rings. The van der Waals surface area contributed by atoms with Crippen LogP contribution in [0.15, 0.2) is 30.5 Å². The quantitative estimate of drug-likeness (QED) is 0.818. The van der Waals surface area contributed by atoms with Gasteiger partial charge in [0.25, 0.3) is 0 Å². The van der Waals surface area contributed by atoms with Crippen molar-refractivity contribution in [2.45, 2.75) is 6.10 Å². The minimum absolute atomic E-state index is 0.538. The fraction of sp³-hybridized carbons (Fsp3) is 0.500. The maximum absolute atomic E-state index is 10.8. The molecule has 0 spiro atoms. The Morgan fingerprint density at radius 3 is 2.67 bits per heavy atom. The second-order valence-electron chi connectivity index (χ2n) is 6.23. The number of pyridine rings is 1. The van der Waals surface area contributed by atoms with Gasteiger partial charge in [0, 0.05) is 57.4 Å². The summed E-state index contributed by atoms with van der Waals surface area (Å²) in [5.41, 5.74) is 7.40. The summed E-state index contributed by atoms with van der Waals surface area (Å²) in [7, 11) is 1.65. The van der Waals surface area contributed by atoms with E-state index in [1.54, 1.807) is 13.3 Å². The fourth-order valence-corrected chi connectivity index (χ4v) is 3.29. The van der Waals surface area contributed by atoms with Crippen molar-refractivity contribution in [3.63, 3.8) is 0 Å². The van der Waals surface area contributed by atoms with Crippen LogP contribution in [0.5, 0.6) is 5.75 Å². The minimum Gasteiger partial charge on any atom is -0.497 e. The van der Waals surface area contributed by atoms with Gasteiger partial charge in [0.15, 0.2) is 0 Å². The molecule has 24 heavy (non-hydrogen) atoms. The largest absolute Gasteiger partial charge is 0.497 e. The van der Waals surface area contributed by atoms with E-state index in [2.05, 4.69) is 14.8 Å². The lowest BCUT2D eigenvalue weighted by Gasteiger charge is -2.35. The van der Waals surface area contributed by atoms with Crippen molar-refractivity contribution in [2.75, 3.05) is 52.9 Å². The third-order valence-corrected chi connectivity index (χ3v) is 4.68. The molecule has 6 nitrogen and oxygen atoms in total. The Morgan fingerprint density at radius 1 is 1.21 bits per heavy atom. The van der Waals surface area contributed by atoms with Crippen LogP contribution in [0.2, 0.25) is 0 Å². The third-order valence-electron chi connectivity index (χ3n) is 4.68. The van der Waals surface area contributed by atoms with Crippen molar-refractivity contribution in [3.8, 4) is 5.75 Å². The van der Waals surface area contributed by atoms with Gasteiger partial charge in [-0.3, -0.25) is 14.8 Å². The number of fused-ring (bicyclic) bond motifs is 1. The first kappa shape index (κ1) is 17.1. The van der Waals surface area contributed by atoms with Crippen LogP contribution in [0.3, 0.4) is 0 Å². The van der Waals surface area contributed by atoms with Gasteiger partial charge in [-0.2, -0.15) is 0 Å². The predicted octanol–water partition coefficient (Wildman–Crippen LogP) is 0.853. The lowest BCUT2D eigenvalue weighted by Crippen LogP contribution is -2.48.